The number of aliphatic hydroxyl groups excluding tert-OH is 1. The van der Waals surface area contributed by atoms with E-state index >= 15 is 0 Å². The SMILES string of the molecule is Cn1nnnc1Sc1ccc(CO)cc1C#N. The normalized spacial score (nSPS) is 10.2. The molecule has 1 heterocycles. The Morgan fingerprint density at radius 1 is 1.53 bits per heavy atom. The van der Waals surface area contributed by atoms with E-state index < -0.39 is 0 Å². The molecule has 86 valence electrons. The largest absolute Gasteiger partial charge is 0.392 e. The van der Waals surface area contributed by atoms with Crippen molar-refractivity contribution < 1.29 is 5.11 Å². The van der Waals surface area contributed by atoms with Crippen LogP contribution in [0.1, 0.15) is 11.1 Å². The average Bonchev–Trinajstić information content (AvgIpc) is 2.75. The molecular formula is C10H9N5OS. The van der Waals surface area contributed by atoms with Gasteiger partial charge in [0.25, 0.3) is 0 Å². The Morgan fingerprint density at radius 2 is 2.35 bits per heavy atom. The highest BCUT2D eigenvalue weighted by Gasteiger charge is 2.09. The van der Waals surface area contributed by atoms with Gasteiger partial charge >= 0.3 is 0 Å². The molecule has 0 fully saturated rings. The molecule has 0 saturated carbocycles. The summed E-state index contributed by atoms with van der Waals surface area (Å²) in [6, 6.07) is 7.30. The first-order valence-corrected chi connectivity index (χ1v) is 5.60. The van der Waals surface area contributed by atoms with Crippen molar-refractivity contribution in [1.82, 2.24) is 20.2 Å². The number of benzene rings is 1. The summed E-state index contributed by atoms with van der Waals surface area (Å²) in [5.41, 5.74) is 1.21. The minimum Gasteiger partial charge on any atom is -0.392 e. The van der Waals surface area contributed by atoms with Gasteiger partial charge in [-0.2, -0.15) is 5.26 Å². The molecule has 17 heavy (non-hydrogen) atoms. The van der Waals surface area contributed by atoms with E-state index in [1.807, 2.05) is 0 Å². The lowest BCUT2D eigenvalue weighted by atomic mass is 10.1. The van der Waals surface area contributed by atoms with E-state index in [0.29, 0.717) is 16.3 Å². The molecule has 1 N–H and O–H groups in total. The molecule has 1 aromatic heterocycles. The summed E-state index contributed by atoms with van der Waals surface area (Å²) < 4.78 is 1.53. The molecule has 0 spiro atoms. The van der Waals surface area contributed by atoms with Crippen molar-refractivity contribution in [3.05, 3.63) is 29.3 Å². The van der Waals surface area contributed by atoms with Crippen molar-refractivity contribution in [3.63, 3.8) is 0 Å². The van der Waals surface area contributed by atoms with E-state index in [9.17, 15) is 0 Å². The van der Waals surface area contributed by atoms with Gasteiger partial charge in [0.15, 0.2) is 0 Å². The van der Waals surface area contributed by atoms with Crippen LogP contribution in [0.15, 0.2) is 28.3 Å². The number of hydrogen-bond acceptors (Lipinski definition) is 6. The molecule has 0 bridgehead atoms. The fourth-order valence-electron chi connectivity index (χ4n) is 1.26. The Kier molecular flexibility index (Phi) is 3.37. The summed E-state index contributed by atoms with van der Waals surface area (Å²) in [6.07, 6.45) is 0. The molecule has 0 aliphatic carbocycles. The van der Waals surface area contributed by atoms with Crippen molar-refractivity contribution in [3.8, 4) is 6.07 Å². The van der Waals surface area contributed by atoms with Crippen LogP contribution in [0.25, 0.3) is 0 Å². The molecule has 0 atom stereocenters. The minimum atomic E-state index is -0.0782. The maximum atomic E-state index is 9.03. The molecule has 6 nitrogen and oxygen atoms in total. The van der Waals surface area contributed by atoms with Crippen molar-refractivity contribution in [2.75, 3.05) is 0 Å². The fourth-order valence-corrected chi connectivity index (χ4v) is 2.05. The van der Waals surface area contributed by atoms with E-state index in [4.69, 9.17) is 10.4 Å². The quantitative estimate of drug-likeness (QED) is 0.860. The van der Waals surface area contributed by atoms with Gasteiger partial charge in [-0.15, -0.1) is 5.10 Å². The van der Waals surface area contributed by atoms with Crippen LogP contribution < -0.4 is 0 Å². The van der Waals surface area contributed by atoms with Crippen LogP contribution in [0, 0.1) is 11.3 Å². The van der Waals surface area contributed by atoms with E-state index in [2.05, 4.69) is 21.6 Å². The number of aromatic nitrogens is 4. The zero-order chi connectivity index (χ0) is 12.3. The van der Waals surface area contributed by atoms with E-state index in [0.717, 1.165) is 4.90 Å². The monoisotopic (exact) mass is 247 g/mol. The van der Waals surface area contributed by atoms with Gasteiger partial charge in [-0.3, -0.25) is 0 Å². The summed E-state index contributed by atoms with van der Waals surface area (Å²) in [6.45, 7) is -0.0782. The topological polar surface area (TPSA) is 87.6 Å². The third kappa shape index (κ3) is 2.43. The lowest BCUT2D eigenvalue weighted by Crippen LogP contribution is -1.94. The van der Waals surface area contributed by atoms with Crippen molar-refractivity contribution in [1.29, 1.82) is 5.26 Å². The highest BCUT2D eigenvalue weighted by Crippen LogP contribution is 2.28. The second kappa shape index (κ2) is 4.95. The number of aryl methyl sites for hydroxylation is 1. The Labute approximate surface area is 102 Å². The molecule has 2 rings (SSSR count). The van der Waals surface area contributed by atoms with Gasteiger partial charge < -0.3 is 5.11 Å². The number of rotatable bonds is 3. The maximum absolute atomic E-state index is 9.03. The third-order valence-corrected chi connectivity index (χ3v) is 3.23. The fraction of sp³-hybridized carbons (Fsp3) is 0.200. The second-order valence-corrected chi connectivity index (χ2v) is 4.30. The predicted molar refractivity (Wildman–Crippen MR) is 60.0 cm³/mol. The van der Waals surface area contributed by atoms with Gasteiger partial charge in [-0.1, -0.05) is 6.07 Å². The third-order valence-electron chi connectivity index (χ3n) is 2.13. The summed E-state index contributed by atoms with van der Waals surface area (Å²) in [5.74, 6) is 0. The number of hydrogen-bond donors (Lipinski definition) is 1. The van der Waals surface area contributed by atoms with Crippen LogP contribution in [0.2, 0.25) is 0 Å². The van der Waals surface area contributed by atoms with Gasteiger partial charge in [0, 0.05) is 11.9 Å². The standard InChI is InChI=1S/C10H9N5OS/c1-15-10(12-13-14-15)17-9-3-2-7(6-16)4-8(9)5-11/h2-4,16H,6H2,1H3. The molecular weight excluding hydrogens is 238 g/mol. The van der Waals surface area contributed by atoms with Crippen LogP contribution in [0.5, 0.6) is 0 Å². The Balaban J connectivity index is 2.34. The molecule has 0 aliphatic rings. The zero-order valence-corrected chi connectivity index (χ0v) is 9.85. The van der Waals surface area contributed by atoms with Crippen LogP contribution in [0.4, 0.5) is 0 Å². The molecule has 0 saturated heterocycles. The van der Waals surface area contributed by atoms with Crippen LogP contribution in [-0.4, -0.2) is 25.3 Å². The first-order chi connectivity index (χ1) is 8.24. The van der Waals surface area contributed by atoms with Crippen LogP contribution >= 0.6 is 11.8 Å². The molecule has 7 heteroatoms. The average molecular weight is 247 g/mol. The molecule has 1 aromatic carbocycles. The highest BCUT2D eigenvalue weighted by molar-refractivity contribution is 7.99. The highest BCUT2D eigenvalue weighted by atomic mass is 32.2. The Hall–Kier alpha value is -1.91. The summed E-state index contributed by atoms with van der Waals surface area (Å²) in [4.78, 5) is 0.766. The lowest BCUT2D eigenvalue weighted by molar-refractivity contribution is 0.281. The van der Waals surface area contributed by atoms with E-state index in [1.54, 1.807) is 25.2 Å². The Morgan fingerprint density at radius 3 is 2.94 bits per heavy atom. The number of aliphatic hydroxyl groups is 1. The molecule has 2 aromatic rings. The summed E-state index contributed by atoms with van der Waals surface area (Å²) >= 11 is 1.31. The van der Waals surface area contributed by atoms with Crippen molar-refractivity contribution >= 4 is 11.8 Å². The van der Waals surface area contributed by atoms with Gasteiger partial charge in [0.1, 0.15) is 6.07 Å². The lowest BCUT2D eigenvalue weighted by Gasteiger charge is -2.03. The zero-order valence-electron chi connectivity index (χ0n) is 9.03. The van der Waals surface area contributed by atoms with Gasteiger partial charge in [0.2, 0.25) is 5.16 Å². The molecule has 0 amide bonds. The summed E-state index contributed by atoms with van der Waals surface area (Å²) in [5, 5.41) is 29.7. The molecule has 0 unspecified atom stereocenters. The Bertz CT molecular complexity index is 574. The second-order valence-electron chi connectivity index (χ2n) is 3.29. The predicted octanol–water partition coefficient (Wildman–Crippen LogP) is 0.725. The molecule has 0 radical (unpaired) electrons. The van der Waals surface area contributed by atoms with Crippen molar-refractivity contribution in [2.24, 2.45) is 7.05 Å². The van der Waals surface area contributed by atoms with E-state index in [1.165, 1.54) is 16.4 Å². The van der Waals surface area contributed by atoms with Crippen LogP contribution in [0.3, 0.4) is 0 Å². The smallest absolute Gasteiger partial charge is 0.213 e. The summed E-state index contributed by atoms with van der Waals surface area (Å²) in [7, 11) is 1.73. The maximum Gasteiger partial charge on any atom is 0.213 e. The first kappa shape index (κ1) is 11.6. The minimum absolute atomic E-state index is 0.0782. The van der Waals surface area contributed by atoms with Crippen LogP contribution in [-0.2, 0) is 13.7 Å². The van der Waals surface area contributed by atoms with Gasteiger partial charge in [-0.25, -0.2) is 4.68 Å². The number of nitriles is 1. The first-order valence-electron chi connectivity index (χ1n) is 4.78. The number of tetrazole rings is 1. The number of nitrogens with zero attached hydrogens (tertiary/aromatic N) is 5. The van der Waals surface area contributed by atoms with Gasteiger partial charge in [-0.05, 0) is 39.9 Å². The molecule has 0 aliphatic heterocycles. The van der Waals surface area contributed by atoms with E-state index in [-0.39, 0.29) is 6.61 Å². The van der Waals surface area contributed by atoms with Gasteiger partial charge in [0.05, 0.1) is 12.2 Å². The van der Waals surface area contributed by atoms with Crippen molar-refractivity contribution in [2.45, 2.75) is 16.7 Å².